The number of aryl methyl sites for hydroxylation is 1. The van der Waals surface area contributed by atoms with Gasteiger partial charge in [0.1, 0.15) is 11.0 Å². The molecule has 0 atom stereocenters. The van der Waals surface area contributed by atoms with Gasteiger partial charge in [0, 0.05) is 11.3 Å². The monoisotopic (exact) mass is 290 g/mol. The molecule has 5 nitrogen and oxygen atoms in total. The van der Waals surface area contributed by atoms with Crippen LogP contribution in [-0.2, 0) is 0 Å². The minimum atomic E-state index is -0.264. The van der Waals surface area contributed by atoms with Gasteiger partial charge in [-0.1, -0.05) is 23.7 Å². The number of hydrogen-bond acceptors (Lipinski definition) is 4. The summed E-state index contributed by atoms with van der Waals surface area (Å²) < 4.78 is 0. The number of anilines is 2. The number of aromatic nitrogens is 1. The highest BCUT2D eigenvalue weighted by Crippen LogP contribution is 2.20. The molecule has 0 fully saturated rings. The summed E-state index contributed by atoms with van der Waals surface area (Å²) >= 11 is 5.85. The van der Waals surface area contributed by atoms with E-state index in [1.807, 2.05) is 32.0 Å². The van der Waals surface area contributed by atoms with Gasteiger partial charge in [0.05, 0.1) is 0 Å². The topological polar surface area (TPSA) is 80.0 Å². The number of benzene rings is 1. The number of halogens is 1. The summed E-state index contributed by atoms with van der Waals surface area (Å²) in [6.45, 7) is 3.95. The molecule has 0 unspecified atom stereocenters. The number of hydrazine groups is 1. The fourth-order valence-corrected chi connectivity index (χ4v) is 1.99. The molecule has 0 saturated heterocycles. The van der Waals surface area contributed by atoms with Crippen molar-refractivity contribution < 1.29 is 4.79 Å². The van der Waals surface area contributed by atoms with Crippen molar-refractivity contribution in [2.45, 2.75) is 13.8 Å². The molecule has 6 heteroatoms. The van der Waals surface area contributed by atoms with Gasteiger partial charge in [-0.05, 0) is 43.2 Å². The van der Waals surface area contributed by atoms with E-state index >= 15 is 0 Å². The predicted molar refractivity (Wildman–Crippen MR) is 80.9 cm³/mol. The highest BCUT2D eigenvalue weighted by Gasteiger charge is 2.11. The van der Waals surface area contributed by atoms with Crippen LogP contribution in [0.4, 0.5) is 11.5 Å². The first kappa shape index (κ1) is 14.3. The maximum absolute atomic E-state index is 12.2. The molecule has 1 aromatic carbocycles. The predicted octanol–water partition coefficient (Wildman–Crippen LogP) is 2.89. The molecular formula is C14H15ClN4O. The average molecular weight is 291 g/mol. The number of rotatable bonds is 3. The number of hydrogen-bond donors (Lipinski definition) is 3. The Hall–Kier alpha value is -2.11. The molecule has 0 saturated carbocycles. The van der Waals surface area contributed by atoms with Gasteiger partial charge in [0.15, 0.2) is 0 Å². The zero-order valence-electron chi connectivity index (χ0n) is 11.2. The van der Waals surface area contributed by atoms with E-state index in [4.69, 9.17) is 17.4 Å². The first-order valence-corrected chi connectivity index (χ1v) is 6.41. The van der Waals surface area contributed by atoms with Crippen molar-refractivity contribution in [3.05, 3.63) is 52.2 Å². The molecular weight excluding hydrogens is 276 g/mol. The molecule has 0 aliphatic heterocycles. The summed E-state index contributed by atoms with van der Waals surface area (Å²) in [5, 5.41) is 3.05. The van der Waals surface area contributed by atoms with Gasteiger partial charge < -0.3 is 10.7 Å². The molecule has 2 aromatic rings. The Morgan fingerprint density at radius 1 is 1.30 bits per heavy atom. The Labute approximate surface area is 122 Å². The molecule has 1 amide bonds. The van der Waals surface area contributed by atoms with E-state index in [-0.39, 0.29) is 11.1 Å². The molecule has 4 N–H and O–H groups in total. The highest BCUT2D eigenvalue weighted by atomic mass is 35.5. The maximum Gasteiger partial charge on any atom is 0.255 e. The van der Waals surface area contributed by atoms with Crippen molar-refractivity contribution in [1.29, 1.82) is 0 Å². The second-order valence-corrected chi connectivity index (χ2v) is 4.80. The molecule has 1 aromatic heterocycles. The Balaban J connectivity index is 2.28. The van der Waals surface area contributed by atoms with Crippen molar-refractivity contribution in [3.63, 3.8) is 0 Å². The van der Waals surface area contributed by atoms with E-state index in [1.165, 1.54) is 12.1 Å². The molecule has 0 aliphatic carbocycles. The standard InChI is InChI=1S/C14H15ClN4O/c1-8-4-3-5-11(9(8)2)17-14(20)10-6-12(15)18-13(7-10)19-16/h3-7H,16H2,1-2H3,(H,17,20)(H,18,19). The van der Waals surface area contributed by atoms with Crippen LogP contribution in [0.25, 0.3) is 0 Å². The lowest BCUT2D eigenvalue weighted by Gasteiger charge is -2.11. The summed E-state index contributed by atoms with van der Waals surface area (Å²) in [7, 11) is 0. The van der Waals surface area contributed by atoms with Gasteiger partial charge in [0.2, 0.25) is 0 Å². The quantitative estimate of drug-likeness (QED) is 0.461. The van der Waals surface area contributed by atoms with Crippen LogP contribution in [0.3, 0.4) is 0 Å². The summed E-state index contributed by atoms with van der Waals surface area (Å²) in [4.78, 5) is 16.2. The molecule has 20 heavy (non-hydrogen) atoms. The summed E-state index contributed by atoms with van der Waals surface area (Å²) in [6.07, 6.45) is 0. The van der Waals surface area contributed by atoms with E-state index in [1.54, 1.807) is 0 Å². The van der Waals surface area contributed by atoms with Crippen LogP contribution in [0.2, 0.25) is 5.15 Å². The SMILES string of the molecule is Cc1cccc(NC(=O)c2cc(Cl)nc(NN)c2)c1C. The minimum Gasteiger partial charge on any atom is -0.322 e. The third kappa shape index (κ3) is 3.07. The third-order valence-corrected chi connectivity index (χ3v) is 3.25. The zero-order valence-corrected chi connectivity index (χ0v) is 12.0. The largest absolute Gasteiger partial charge is 0.322 e. The maximum atomic E-state index is 12.2. The molecule has 104 valence electrons. The summed E-state index contributed by atoms with van der Waals surface area (Å²) in [5.74, 6) is 5.35. The van der Waals surface area contributed by atoms with Crippen LogP contribution in [0.5, 0.6) is 0 Å². The molecule has 1 heterocycles. The lowest BCUT2D eigenvalue weighted by Crippen LogP contribution is -2.15. The Bertz CT molecular complexity index is 658. The second-order valence-electron chi connectivity index (χ2n) is 4.41. The fourth-order valence-electron chi connectivity index (χ4n) is 1.78. The van der Waals surface area contributed by atoms with Gasteiger partial charge in [-0.3, -0.25) is 4.79 Å². The lowest BCUT2D eigenvalue weighted by atomic mass is 10.1. The number of nitrogen functional groups attached to an aromatic ring is 1. The second kappa shape index (κ2) is 5.90. The van der Waals surface area contributed by atoms with E-state index < -0.39 is 0 Å². The molecule has 0 radical (unpaired) electrons. The van der Waals surface area contributed by atoms with Crippen LogP contribution in [0, 0.1) is 13.8 Å². The lowest BCUT2D eigenvalue weighted by molar-refractivity contribution is 0.102. The number of pyridine rings is 1. The number of nitrogens with two attached hydrogens (primary N) is 1. The number of carbonyl (C=O) groups is 1. The van der Waals surface area contributed by atoms with E-state index in [0.29, 0.717) is 11.4 Å². The third-order valence-electron chi connectivity index (χ3n) is 3.06. The van der Waals surface area contributed by atoms with E-state index in [9.17, 15) is 4.79 Å². The number of nitrogens with zero attached hydrogens (tertiary/aromatic N) is 1. The van der Waals surface area contributed by atoms with Gasteiger partial charge in [-0.15, -0.1) is 0 Å². The van der Waals surface area contributed by atoms with Crippen molar-refractivity contribution in [2.75, 3.05) is 10.7 Å². The van der Waals surface area contributed by atoms with Crippen molar-refractivity contribution in [3.8, 4) is 0 Å². The molecule has 0 spiro atoms. The van der Waals surface area contributed by atoms with Crippen LogP contribution in [0.1, 0.15) is 21.5 Å². The smallest absolute Gasteiger partial charge is 0.255 e. The fraction of sp³-hybridized carbons (Fsp3) is 0.143. The van der Waals surface area contributed by atoms with Crippen LogP contribution in [-0.4, -0.2) is 10.9 Å². The average Bonchev–Trinajstić information content (AvgIpc) is 2.43. The van der Waals surface area contributed by atoms with Gasteiger partial charge in [-0.25, -0.2) is 10.8 Å². The van der Waals surface area contributed by atoms with Crippen molar-refractivity contribution in [2.24, 2.45) is 5.84 Å². The molecule has 0 aliphatic rings. The number of carbonyl (C=O) groups excluding carboxylic acids is 1. The highest BCUT2D eigenvalue weighted by molar-refractivity contribution is 6.30. The first-order valence-electron chi connectivity index (χ1n) is 6.03. The van der Waals surface area contributed by atoms with E-state index in [0.717, 1.165) is 16.8 Å². The molecule has 0 bridgehead atoms. The van der Waals surface area contributed by atoms with Crippen LogP contribution >= 0.6 is 11.6 Å². The minimum absolute atomic E-state index is 0.201. The normalized spacial score (nSPS) is 10.2. The van der Waals surface area contributed by atoms with Gasteiger partial charge in [0.25, 0.3) is 5.91 Å². The Morgan fingerprint density at radius 2 is 2.05 bits per heavy atom. The summed E-state index contributed by atoms with van der Waals surface area (Å²) in [5.41, 5.74) is 5.67. The summed E-state index contributed by atoms with van der Waals surface area (Å²) in [6, 6.07) is 8.76. The molecule has 2 rings (SSSR count). The van der Waals surface area contributed by atoms with Gasteiger partial charge in [-0.2, -0.15) is 0 Å². The number of nitrogens with one attached hydrogen (secondary N) is 2. The van der Waals surface area contributed by atoms with E-state index in [2.05, 4.69) is 15.7 Å². The number of amides is 1. The first-order chi connectivity index (χ1) is 9.51. The van der Waals surface area contributed by atoms with Crippen LogP contribution < -0.4 is 16.6 Å². The van der Waals surface area contributed by atoms with Crippen molar-refractivity contribution in [1.82, 2.24) is 4.98 Å². The van der Waals surface area contributed by atoms with Crippen molar-refractivity contribution >= 4 is 29.0 Å². The zero-order chi connectivity index (χ0) is 14.7. The van der Waals surface area contributed by atoms with Gasteiger partial charge >= 0.3 is 0 Å². The Morgan fingerprint density at radius 3 is 2.75 bits per heavy atom. The van der Waals surface area contributed by atoms with Crippen LogP contribution in [0.15, 0.2) is 30.3 Å². The Kier molecular flexibility index (Phi) is 4.22.